The van der Waals surface area contributed by atoms with Crippen LogP contribution in [0.15, 0.2) is 83.7 Å². The molecule has 2 heterocycles. The van der Waals surface area contributed by atoms with E-state index >= 15 is 0 Å². The minimum Gasteiger partial charge on any atom is -0.510 e. The maximum Gasteiger partial charge on any atom is 0.345 e. The zero-order valence-corrected chi connectivity index (χ0v) is 22.9. The van der Waals surface area contributed by atoms with Crippen molar-refractivity contribution in [2.75, 3.05) is 26.6 Å². The first-order valence-electron chi connectivity index (χ1n) is 12.4. The Labute approximate surface area is 234 Å². The second-order valence-corrected chi connectivity index (χ2v) is 9.45. The van der Waals surface area contributed by atoms with Crippen molar-refractivity contribution < 1.29 is 24.1 Å². The number of fused-ring (bicyclic) bond motifs is 1. The predicted molar refractivity (Wildman–Crippen MR) is 153 cm³/mol. The summed E-state index contributed by atoms with van der Waals surface area (Å²) >= 11 is 1.22. The molecule has 5 rings (SSSR count). The molecule has 0 aliphatic carbocycles. The van der Waals surface area contributed by atoms with E-state index < -0.39 is 5.97 Å². The summed E-state index contributed by atoms with van der Waals surface area (Å²) < 4.78 is 17.8. The number of hydrogen-bond donors (Lipinski definition) is 2. The Kier molecular flexibility index (Phi) is 8.02. The largest absolute Gasteiger partial charge is 0.510 e. The van der Waals surface area contributed by atoms with Crippen molar-refractivity contribution in [3.8, 4) is 28.6 Å². The lowest BCUT2D eigenvalue weighted by Gasteiger charge is -2.12. The first-order chi connectivity index (χ1) is 19.5. The summed E-state index contributed by atoms with van der Waals surface area (Å²) in [6, 6.07) is 22.4. The molecule has 11 heteroatoms. The number of nitrogens with zero attached hydrogens (tertiary/aromatic N) is 4. The van der Waals surface area contributed by atoms with Crippen molar-refractivity contribution in [3.05, 3.63) is 84.4 Å². The molecule has 0 saturated heterocycles. The molecule has 0 fully saturated rings. The lowest BCUT2D eigenvalue weighted by atomic mass is 10.2. The van der Waals surface area contributed by atoms with Crippen LogP contribution in [-0.4, -0.2) is 62.4 Å². The smallest absolute Gasteiger partial charge is 0.345 e. The molecule has 3 aromatic carbocycles. The molecule has 5 aromatic rings. The highest BCUT2D eigenvalue weighted by Crippen LogP contribution is 2.32. The zero-order valence-electron chi connectivity index (χ0n) is 22.1. The lowest BCUT2D eigenvalue weighted by Crippen LogP contribution is -2.10. The molecule has 2 aromatic heterocycles. The number of thioether (sulfide) groups is 1. The summed E-state index contributed by atoms with van der Waals surface area (Å²) in [7, 11) is 2.86. The van der Waals surface area contributed by atoms with E-state index in [4.69, 9.17) is 14.2 Å². The Morgan fingerprint density at radius 2 is 1.80 bits per heavy atom. The molecule has 0 aliphatic rings. The van der Waals surface area contributed by atoms with E-state index in [1.165, 1.54) is 18.9 Å². The molecule has 0 amide bonds. The fourth-order valence-electron chi connectivity index (χ4n) is 4.13. The molecule has 204 valence electrons. The molecule has 0 bridgehead atoms. The van der Waals surface area contributed by atoms with Crippen LogP contribution >= 0.6 is 11.8 Å². The SMILES string of the molecule is CCOc1ccc(-n2c(SC/C(O)=C(\C(=O)OC)c3nc4ccccc4[nH]3)nnc2-c2cccc(OC)c2)cc1. The van der Waals surface area contributed by atoms with E-state index in [1.54, 1.807) is 7.11 Å². The summed E-state index contributed by atoms with van der Waals surface area (Å²) in [5.74, 6) is 1.32. The Bertz CT molecular complexity index is 1640. The van der Waals surface area contributed by atoms with Gasteiger partial charge in [-0.3, -0.25) is 4.57 Å². The van der Waals surface area contributed by atoms with E-state index in [9.17, 15) is 9.90 Å². The van der Waals surface area contributed by atoms with Crippen molar-refractivity contribution in [1.82, 2.24) is 24.7 Å². The number of ether oxygens (including phenoxy) is 3. The fraction of sp³-hybridized carbons (Fsp3) is 0.172. The van der Waals surface area contributed by atoms with Crippen LogP contribution in [0, 0.1) is 0 Å². The zero-order chi connectivity index (χ0) is 28.1. The molecule has 10 nitrogen and oxygen atoms in total. The van der Waals surface area contributed by atoms with Gasteiger partial charge in [-0.1, -0.05) is 36.0 Å². The molecule has 0 unspecified atom stereocenters. The van der Waals surface area contributed by atoms with Gasteiger partial charge in [0, 0.05) is 11.3 Å². The fourth-order valence-corrected chi connectivity index (χ4v) is 4.96. The third-order valence-electron chi connectivity index (χ3n) is 6.01. The van der Waals surface area contributed by atoms with Crippen LogP contribution in [0.5, 0.6) is 11.5 Å². The topological polar surface area (TPSA) is 124 Å². The number of esters is 1. The van der Waals surface area contributed by atoms with Crippen LogP contribution in [0.4, 0.5) is 0 Å². The average molecular weight is 558 g/mol. The normalized spacial score (nSPS) is 11.8. The van der Waals surface area contributed by atoms with Gasteiger partial charge in [-0.2, -0.15) is 0 Å². The van der Waals surface area contributed by atoms with Gasteiger partial charge >= 0.3 is 5.97 Å². The van der Waals surface area contributed by atoms with Crippen LogP contribution in [0.1, 0.15) is 12.7 Å². The number of benzene rings is 3. The van der Waals surface area contributed by atoms with Gasteiger partial charge in [0.05, 0.1) is 37.6 Å². The van der Waals surface area contributed by atoms with Gasteiger partial charge in [-0.05, 0) is 55.5 Å². The average Bonchev–Trinajstić information content (AvgIpc) is 3.61. The maximum atomic E-state index is 12.7. The summed E-state index contributed by atoms with van der Waals surface area (Å²) in [5, 5.41) is 20.5. The second kappa shape index (κ2) is 12.0. The minimum absolute atomic E-state index is 0.00868. The number of carbonyl (C=O) groups excluding carboxylic acids is 1. The van der Waals surface area contributed by atoms with Crippen LogP contribution in [0.25, 0.3) is 33.7 Å². The van der Waals surface area contributed by atoms with Gasteiger partial charge in [-0.15, -0.1) is 10.2 Å². The van der Waals surface area contributed by atoms with Crippen LogP contribution in [0.3, 0.4) is 0 Å². The van der Waals surface area contributed by atoms with E-state index in [0.29, 0.717) is 28.9 Å². The first kappa shape index (κ1) is 26.8. The highest BCUT2D eigenvalue weighted by molar-refractivity contribution is 7.99. The molecule has 0 aliphatic heterocycles. The number of rotatable bonds is 10. The Morgan fingerprint density at radius 3 is 2.52 bits per heavy atom. The number of para-hydroxylation sites is 2. The number of imidazole rings is 1. The van der Waals surface area contributed by atoms with Gasteiger partial charge in [0.25, 0.3) is 0 Å². The monoisotopic (exact) mass is 557 g/mol. The van der Waals surface area contributed by atoms with Crippen molar-refractivity contribution in [3.63, 3.8) is 0 Å². The number of aromatic nitrogens is 5. The van der Waals surface area contributed by atoms with Gasteiger partial charge in [0.1, 0.15) is 28.7 Å². The lowest BCUT2D eigenvalue weighted by molar-refractivity contribution is -0.133. The first-order valence-corrected chi connectivity index (χ1v) is 13.4. The number of hydrogen-bond acceptors (Lipinski definition) is 9. The summed E-state index contributed by atoms with van der Waals surface area (Å²) in [6.45, 7) is 2.48. The standard InChI is InChI=1S/C29H27N5O5S/c1-4-39-20-14-12-19(13-15-20)34-27(18-8-7-9-21(16-18)37-2)32-33-29(34)40-17-24(35)25(28(36)38-3)26-30-22-10-5-6-11-23(22)31-26/h5-16,35H,4,17H2,1-3H3,(H,30,31)/b25-24+. The number of aliphatic hydroxyl groups excluding tert-OH is 1. The summed E-state index contributed by atoms with van der Waals surface area (Å²) in [6.07, 6.45) is 0. The van der Waals surface area contributed by atoms with E-state index in [0.717, 1.165) is 22.5 Å². The van der Waals surface area contributed by atoms with Gasteiger partial charge < -0.3 is 24.3 Å². The molecular weight excluding hydrogens is 530 g/mol. The molecule has 40 heavy (non-hydrogen) atoms. The van der Waals surface area contributed by atoms with Crippen LogP contribution in [-0.2, 0) is 9.53 Å². The Hall–Kier alpha value is -4.77. The Morgan fingerprint density at radius 1 is 1.00 bits per heavy atom. The Balaban J connectivity index is 1.53. The van der Waals surface area contributed by atoms with Crippen LogP contribution in [0.2, 0.25) is 0 Å². The maximum absolute atomic E-state index is 12.7. The molecule has 0 radical (unpaired) electrons. The predicted octanol–water partition coefficient (Wildman–Crippen LogP) is 5.45. The summed E-state index contributed by atoms with van der Waals surface area (Å²) in [4.78, 5) is 20.2. The van der Waals surface area contributed by atoms with Gasteiger partial charge in [0.15, 0.2) is 11.0 Å². The number of aliphatic hydroxyl groups is 1. The van der Waals surface area contributed by atoms with E-state index in [2.05, 4.69) is 20.2 Å². The van der Waals surface area contributed by atoms with E-state index in [-0.39, 0.29) is 22.9 Å². The minimum atomic E-state index is -0.706. The van der Waals surface area contributed by atoms with Crippen molar-refractivity contribution >= 4 is 34.3 Å². The van der Waals surface area contributed by atoms with Crippen molar-refractivity contribution in [2.45, 2.75) is 12.1 Å². The van der Waals surface area contributed by atoms with Crippen molar-refractivity contribution in [1.29, 1.82) is 0 Å². The van der Waals surface area contributed by atoms with Gasteiger partial charge in [0.2, 0.25) is 0 Å². The molecule has 2 N–H and O–H groups in total. The molecule has 0 atom stereocenters. The quantitative estimate of drug-likeness (QED) is 0.0998. The third-order valence-corrected chi connectivity index (χ3v) is 6.95. The highest BCUT2D eigenvalue weighted by Gasteiger charge is 2.24. The van der Waals surface area contributed by atoms with Crippen LogP contribution < -0.4 is 9.47 Å². The number of aromatic amines is 1. The number of nitrogens with one attached hydrogen (secondary N) is 1. The molecular formula is C29H27N5O5S. The third kappa shape index (κ3) is 5.50. The summed E-state index contributed by atoms with van der Waals surface area (Å²) in [5.41, 5.74) is 2.94. The molecule has 0 saturated carbocycles. The number of carbonyl (C=O) groups is 1. The van der Waals surface area contributed by atoms with Crippen molar-refractivity contribution in [2.24, 2.45) is 0 Å². The number of H-pyrrole nitrogens is 1. The number of methoxy groups -OCH3 is 2. The molecule has 0 spiro atoms. The highest BCUT2D eigenvalue weighted by atomic mass is 32.2. The van der Waals surface area contributed by atoms with Gasteiger partial charge in [-0.25, -0.2) is 9.78 Å². The second-order valence-electron chi connectivity index (χ2n) is 8.50. The van der Waals surface area contributed by atoms with E-state index in [1.807, 2.05) is 84.3 Å².